The molecule has 3 rings (SSSR count). The molecule has 1 N–H and O–H groups in total. The van der Waals surface area contributed by atoms with Crippen molar-refractivity contribution in [1.29, 1.82) is 0 Å². The predicted octanol–water partition coefficient (Wildman–Crippen LogP) is 3.39. The number of hydrogen-bond acceptors (Lipinski definition) is 5. The first-order valence-electron chi connectivity index (χ1n) is 8.08. The Balaban J connectivity index is 2.13. The number of hydrogen-bond donors (Lipinski definition) is 1. The van der Waals surface area contributed by atoms with Gasteiger partial charge in [-0.25, -0.2) is 4.79 Å². The molecule has 2 aromatic carbocycles. The van der Waals surface area contributed by atoms with Gasteiger partial charge < -0.3 is 9.67 Å². The van der Waals surface area contributed by atoms with Crippen molar-refractivity contribution in [2.45, 2.75) is 19.4 Å². The SMILES string of the molecule is CCC(C(=O)O)n1/c(=N/C(=O)c2ccc([N+](=O)[O-])cc2)sc2ccccc21. The van der Waals surface area contributed by atoms with E-state index in [2.05, 4.69) is 4.99 Å². The lowest BCUT2D eigenvalue weighted by Crippen LogP contribution is -2.27. The van der Waals surface area contributed by atoms with E-state index in [9.17, 15) is 24.8 Å². The van der Waals surface area contributed by atoms with Gasteiger partial charge in [0.1, 0.15) is 6.04 Å². The van der Waals surface area contributed by atoms with Gasteiger partial charge in [0, 0.05) is 17.7 Å². The van der Waals surface area contributed by atoms with Crippen molar-refractivity contribution in [3.63, 3.8) is 0 Å². The fourth-order valence-corrected chi connectivity index (χ4v) is 3.78. The van der Waals surface area contributed by atoms with Gasteiger partial charge in [-0.3, -0.25) is 14.9 Å². The Kier molecular flexibility index (Phi) is 5.13. The third-order valence-corrected chi connectivity index (χ3v) is 5.07. The summed E-state index contributed by atoms with van der Waals surface area (Å²) in [6, 6.07) is 11.5. The van der Waals surface area contributed by atoms with Crippen LogP contribution >= 0.6 is 11.3 Å². The molecule has 0 aliphatic carbocycles. The average molecular weight is 385 g/mol. The van der Waals surface area contributed by atoms with Crippen LogP contribution in [0.15, 0.2) is 53.5 Å². The third kappa shape index (κ3) is 3.63. The molecule has 0 fully saturated rings. The Morgan fingerprint density at radius 1 is 1.22 bits per heavy atom. The van der Waals surface area contributed by atoms with Crippen molar-refractivity contribution >= 4 is 39.1 Å². The van der Waals surface area contributed by atoms with Gasteiger partial charge in [0.2, 0.25) is 0 Å². The first kappa shape index (κ1) is 18.5. The first-order chi connectivity index (χ1) is 12.9. The van der Waals surface area contributed by atoms with Gasteiger partial charge in [-0.05, 0) is 30.7 Å². The highest BCUT2D eigenvalue weighted by atomic mass is 32.1. The number of amides is 1. The van der Waals surface area contributed by atoms with Gasteiger partial charge in [0.15, 0.2) is 4.80 Å². The fourth-order valence-electron chi connectivity index (χ4n) is 2.72. The van der Waals surface area contributed by atoms with E-state index in [1.54, 1.807) is 23.6 Å². The van der Waals surface area contributed by atoms with Gasteiger partial charge in [-0.2, -0.15) is 4.99 Å². The Bertz CT molecular complexity index is 1100. The van der Waals surface area contributed by atoms with Crippen molar-refractivity contribution in [2.24, 2.45) is 4.99 Å². The number of thiazole rings is 1. The number of nitrogens with zero attached hydrogens (tertiary/aromatic N) is 3. The summed E-state index contributed by atoms with van der Waals surface area (Å²) in [5, 5.41) is 20.3. The second-order valence-electron chi connectivity index (χ2n) is 5.71. The fraction of sp³-hybridized carbons (Fsp3) is 0.167. The van der Waals surface area contributed by atoms with Crippen molar-refractivity contribution in [2.75, 3.05) is 0 Å². The molecule has 0 radical (unpaired) electrons. The summed E-state index contributed by atoms with van der Waals surface area (Å²) in [5.41, 5.74) is 0.750. The van der Waals surface area contributed by atoms with Crippen molar-refractivity contribution in [3.8, 4) is 0 Å². The van der Waals surface area contributed by atoms with Gasteiger partial charge >= 0.3 is 5.97 Å². The number of carboxylic acid groups (broad SMARTS) is 1. The highest BCUT2D eigenvalue weighted by molar-refractivity contribution is 7.16. The van der Waals surface area contributed by atoms with Crippen molar-refractivity contribution in [3.05, 3.63) is 69.0 Å². The molecule has 138 valence electrons. The molecule has 0 spiro atoms. The summed E-state index contributed by atoms with van der Waals surface area (Å²) >= 11 is 1.22. The lowest BCUT2D eigenvalue weighted by atomic mass is 10.2. The molecule has 0 saturated carbocycles. The molecule has 0 aliphatic rings. The summed E-state index contributed by atoms with van der Waals surface area (Å²) in [6.07, 6.45) is 0.328. The minimum Gasteiger partial charge on any atom is -0.480 e. The normalized spacial score (nSPS) is 12.9. The number of nitro benzene ring substituents is 1. The largest absolute Gasteiger partial charge is 0.480 e. The van der Waals surface area contributed by atoms with Crippen LogP contribution in [0.3, 0.4) is 0 Å². The van der Waals surface area contributed by atoms with E-state index < -0.39 is 22.8 Å². The number of fused-ring (bicyclic) bond motifs is 1. The van der Waals surface area contributed by atoms with Crippen LogP contribution in [0.4, 0.5) is 5.69 Å². The summed E-state index contributed by atoms with van der Waals surface area (Å²) in [4.78, 5) is 38.7. The first-order valence-corrected chi connectivity index (χ1v) is 8.90. The summed E-state index contributed by atoms with van der Waals surface area (Å²) in [5.74, 6) is -1.60. The number of nitro groups is 1. The molecule has 0 saturated heterocycles. The average Bonchev–Trinajstić information content (AvgIpc) is 3.00. The quantitative estimate of drug-likeness (QED) is 0.534. The van der Waals surface area contributed by atoms with Crippen molar-refractivity contribution in [1.82, 2.24) is 4.57 Å². The number of rotatable bonds is 5. The zero-order chi connectivity index (χ0) is 19.6. The standard InChI is InChI=1S/C18H15N3O5S/c1-2-13(17(23)24)20-14-5-3-4-6-15(14)27-18(20)19-16(22)11-7-9-12(10-8-11)21(25)26/h3-10,13H,2H2,1H3,(H,23,24)/b19-18-. The molecule has 0 aliphatic heterocycles. The van der Waals surface area contributed by atoms with Crippen LogP contribution < -0.4 is 4.80 Å². The van der Waals surface area contributed by atoms with Gasteiger partial charge in [-0.15, -0.1) is 0 Å². The van der Waals surface area contributed by atoms with Crippen LogP contribution in [0.2, 0.25) is 0 Å². The minimum atomic E-state index is -1.01. The van der Waals surface area contributed by atoms with Crippen LogP contribution in [-0.4, -0.2) is 26.5 Å². The van der Waals surface area contributed by atoms with E-state index in [0.717, 1.165) is 4.70 Å². The van der Waals surface area contributed by atoms with E-state index in [1.807, 2.05) is 12.1 Å². The second kappa shape index (κ2) is 7.50. The maximum atomic E-state index is 12.5. The van der Waals surface area contributed by atoms with E-state index in [4.69, 9.17) is 0 Å². The molecule has 27 heavy (non-hydrogen) atoms. The maximum absolute atomic E-state index is 12.5. The predicted molar refractivity (Wildman–Crippen MR) is 99.8 cm³/mol. The van der Waals surface area contributed by atoms with Crippen LogP contribution in [0.5, 0.6) is 0 Å². The number of carbonyl (C=O) groups is 2. The Hall–Kier alpha value is -3.33. The number of carboxylic acids is 1. The zero-order valence-electron chi connectivity index (χ0n) is 14.2. The lowest BCUT2D eigenvalue weighted by molar-refractivity contribution is -0.384. The monoisotopic (exact) mass is 385 g/mol. The molecular weight excluding hydrogens is 370 g/mol. The topological polar surface area (TPSA) is 115 Å². The molecular formula is C18H15N3O5S. The summed E-state index contributed by atoms with van der Waals surface area (Å²) in [6.45, 7) is 1.75. The minimum absolute atomic E-state index is 0.125. The third-order valence-electron chi connectivity index (χ3n) is 4.04. The zero-order valence-corrected chi connectivity index (χ0v) is 15.0. The van der Waals surface area contributed by atoms with E-state index in [1.165, 1.54) is 35.6 Å². The molecule has 0 bridgehead atoms. The molecule has 8 nitrogen and oxygen atoms in total. The Morgan fingerprint density at radius 2 is 1.89 bits per heavy atom. The maximum Gasteiger partial charge on any atom is 0.326 e. The van der Waals surface area contributed by atoms with E-state index in [-0.39, 0.29) is 16.1 Å². The lowest BCUT2D eigenvalue weighted by Gasteiger charge is -2.13. The van der Waals surface area contributed by atoms with Crippen LogP contribution in [0.25, 0.3) is 10.2 Å². The number of non-ortho nitro benzene ring substituents is 1. The smallest absolute Gasteiger partial charge is 0.326 e. The molecule has 9 heteroatoms. The number of para-hydroxylation sites is 1. The number of aromatic nitrogens is 1. The Labute approximate surface area is 157 Å². The second-order valence-corrected chi connectivity index (χ2v) is 6.71. The van der Waals surface area contributed by atoms with Crippen LogP contribution in [0, 0.1) is 10.1 Å². The van der Waals surface area contributed by atoms with Gasteiger partial charge in [-0.1, -0.05) is 30.4 Å². The number of aliphatic carboxylic acids is 1. The molecule has 1 amide bonds. The molecule has 1 atom stereocenters. The highest BCUT2D eigenvalue weighted by Gasteiger charge is 2.22. The van der Waals surface area contributed by atoms with E-state index >= 15 is 0 Å². The highest BCUT2D eigenvalue weighted by Crippen LogP contribution is 2.22. The van der Waals surface area contributed by atoms with E-state index in [0.29, 0.717) is 11.9 Å². The molecule has 3 aromatic rings. The molecule has 1 unspecified atom stereocenters. The number of benzene rings is 2. The van der Waals surface area contributed by atoms with Crippen LogP contribution in [0.1, 0.15) is 29.7 Å². The summed E-state index contributed by atoms with van der Waals surface area (Å²) < 4.78 is 2.36. The summed E-state index contributed by atoms with van der Waals surface area (Å²) in [7, 11) is 0. The van der Waals surface area contributed by atoms with Crippen molar-refractivity contribution < 1.29 is 19.6 Å². The van der Waals surface area contributed by atoms with Gasteiger partial charge in [0.05, 0.1) is 15.1 Å². The molecule has 1 aromatic heterocycles. The number of carbonyl (C=O) groups excluding carboxylic acids is 1. The van der Waals surface area contributed by atoms with Crippen LogP contribution in [-0.2, 0) is 4.79 Å². The Morgan fingerprint density at radius 3 is 2.48 bits per heavy atom. The van der Waals surface area contributed by atoms with Gasteiger partial charge in [0.25, 0.3) is 11.6 Å². The molecule has 1 heterocycles.